The minimum atomic E-state index is 0.769. The first-order valence-electron chi connectivity index (χ1n) is 10.3. The average molecular weight is 400 g/mol. The molecule has 0 heterocycles. The molecule has 0 aliphatic rings. The fourth-order valence-corrected chi connectivity index (χ4v) is 4.57. The predicted molar refractivity (Wildman–Crippen MR) is 132 cm³/mol. The van der Waals surface area contributed by atoms with Crippen LogP contribution in [0.15, 0.2) is 97.1 Å². The minimum absolute atomic E-state index is 0.769. The Morgan fingerprint density at radius 1 is 0.355 bits per heavy atom. The minimum Gasteiger partial charge on any atom is -0.455 e. The van der Waals surface area contributed by atoms with E-state index in [4.69, 9.17) is 16.2 Å². The van der Waals surface area contributed by atoms with Crippen molar-refractivity contribution in [1.82, 2.24) is 0 Å². The van der Waals surface area contributed by atoms with Gasteiger partial charge in [0.25, 0.3) is 0 Å². The van der Waals surface area contributed by atoms with E-state index in [-0.39, 0.29) is 0 Å². The molecule has 0 amide bonds. The zero-order chi connectivity index (χ0) is 20.9. The van der Waals surface area contributed by atoms with Gasteiger partial charge in [-0.3, -0.25) is 0 Å². The monoisotopic (exact) mass is 400 g/mol. The SMILES string of the molecule is Nc1c2ccccc2c(Oc2c3ccccc3c(N)c3ccccc23)c2ccccc12. The van der Waals surface area contributed by atoms with Crippen LogP contribution in [0.25, 0.3) is 43.1 Å². The highest BCUT2D eigenvalue weighted by molar-refractivity contribution is 6.17. The molecule has 0 aromatic heterocycles. The highest BCUT2D eigenvalue weighted by Gasteiger charge is 2.18. The summed E-state index contributed by atoms with van der Waals surface area (Å²) in [4.78, 5) is 0. The van der Waals surface area contributed by atoms with E-state index in [0.717, 1.165) is 66.0 Å². The molecule has 0 aliphatic carbocycles. The number of rotatable bonds is 2. The third kappa shape index (κ3) is 2.53. The van der Waals surface area contributed by atoms with Crippen molar-refractivity contribution in [3.8, 4) is 11.5 Å². The number of anilines is 2. The van der Waals surface area contributed by atoms with Gasteiger partial charge in [-0.1, -0.05) is 97.1 Å². The largest absolute Gasteiger partial charge is 0.455 e. The summed E-state index contributed by atoms with van der Waals surface area (Å²) in [5.41, 5.74) is 14.6. The van der Waals surface area contributed by atoms with Crippen LogP contribution < -0.4 is 16.2 Å². The summed E-state index contributed by atoms with van der Waals surface area (Å²) in [5, 5.41) is 7.90. The number of benzene rings is 6. The van der Waals surface area contributed by atoms with Gasteiger partial charge in [0.2, 0.25) is 0 Å². The molecule has 0 atom stereocenters. The van der Waals surface area contributed by atoms with Gasteiger partial charge in [0, 0.05) is 54.5 Å². The standard InChI is InChI=1S/C28H20N2O/c29-25-17-9-1-5-13-21(17)27(22-14-6-2-10-18(22)25)31-28-23-15-7-3-11-19(23)26(30)20-12-4-8-16-24(20)28/h1-16H,29-30H2. The van der Waals surface area contributed by atoms with Crippen LogP contribution in [0, 0.1) is 0 Å². The van der Waals surface area contributed by atoms with Crippen LogP contribution in [0.3, 0.4) is 0 Å². The number of nitrogens with two attached hydrogens (primary N) is 2. The number of hydrogen-bond acceptors (Lipinski definition) is 3. The number of ether oxygens (including phenoxy) is 1. The second-order valence-corrected chi connectivity index (χ2v) is 7.77. The van der Waals surface area contributed by atoms with Crippen molar-refractivity contribution >= 4 is 54.5 Å². The summed E-state index contributed by atoms with van der Waals surface area (Å²) in [6.07, 6.45) is 0. The van der Waals surface area contributed by atoms with Crippen LogP contribution in [0.1, 0.15) is 0 Å². The Hall–Kier alpha value is -4.24. The lowest BCUT2D eigenvalue weighted by molar-refractivity contribution is 0.505. The Balaban J connectivity index is 1.76. The van der Waals surface area contributed by atoms with Crippen LogP contribution >= 0.6 is 0 Å². The summed E-state index contributed by atoms with van der Waals surface area (Å²) < 4.78 is 6.83. The van der Waals surface area contributed by atoms with Crippen LogP contribution in [-0.4, -0.2) is 0 Å². The third-order valence-corrected chi connectivity index (χ3v) is 6.05. The maximum Gasteiger partial charge on any atom is 0.143 e. The van der Waals surface area contributed by atoms with Gasteiger partial charge in [-0.2, -0.15) is 0 Å². The van der Waals surface area contributed by atoms with E-state index in [1.54, 1.807) is 0 Å². The van der Waals surface area contributed by atoms with Gasteiger partial charge in [0.15, 0.2) is 0 Å². The summed E-state index contributed by atoms with van der Waals surface area (Å²) in [6, 6.07) is 32.5. The van der Waals surface area contributed by atoms with Gasteiger partial charge < -0.3 is 16.2 Å². The highest BCUT2D eigenvalue weighted by atomic mass is 16.5. The molecule has 0 bridgehead atoms. The molecule has 3 nitrogen and oxygen atoms in total. The van der Waals surface area contributed by atoms with Crippen molar-refractivity contribution in [2.24, 2.45) is 0 Å². The molecule has 0 spiro atoms. The lowest BCUT2D eigenvalue weighted by Gasteiger charge is -2.19. The van der Waals surface area contributed by atoms with E-state index in [2.05, 4.69) is 24.3 Å². The average Bonchev–Trinajstić information content (AvgIpc) is 2.84. The molecular formula is C28H20N2O. The molecule has 148 valence electrons. The molecule has 0 saturated heterocycles. The molecule has 6 aromatic carbocycles. The Morgan fingerprint density at radius 3 is 0.839 bits per heavy atom. The molecular weight excluding hydrogens is 380 g/mol. The Kier molecular flexibility index (Phi) is 3.77. The quantitative estimate of drug-likeness (QED) is 0.238. The maximum absolute atomic E-state index is 6.83. The van der Waals surface area contributed by atoms with Crippen molar-refractivity contribution in [1.29, 1.82) is 0 Å². The molecule has 0 aliphatic heterocycles. The second kappa shape index (κ2) is 6.64. The van der Waals surface area contributed by atoms with Gasteiger partial charge in [-0.15, -0.1) is 0 Å². The van der Waals surface area contributed by atoms with Crippen LogP contribution in [0.5, 0.6) is 11.5 Å². The van der Waals surface area contributed by atoms with E-state index >= 15 is 0 Å². The van der Waals surface area contributed by atoms with Crippen LogP contribution in [0.4, 0.5) is 11.4 Å². The van der Waals surface area contributed by atoms with E-state index < -0.39 is 0 Å². The summed E-state index contributed by atoms with van der Waals surface area (Å²) in [7, 11) is 0. The number of hydrogen-bond donors (Lipinski definition) is 2. The lowest BCUT2D eigenvalue weighted by atomic mass is 9.98. The second-order valence-electron chi connectivity index (χ2n) is 7.77. The molecule has 4 N–H and O–H groups in total. The molecule has 3 heteroatoms. The fourth-order valence-electron chi connectivity index (χ4n) is 4.57. The third-order valence-electron chi connectivity index (χ3n) is 6.05. The molecule has 0 unspecified atom stereocenters. The fraction of sp³-hybridized carbons (Fsp3) is 0. The van der Waals surface area contributed by atoms with Gasteiger partial charge in [-0.25, -0.2) is 0 Å². The Labute approximate surface area is 179 Å². The van der Waals surface area contributed by atoms with Crippen LogP contribution in [-0.2, 0) is 0 Å². The van der Waals surface area contributed by atoms with Gasteiger partial charge in [0.05, 0.1) is 0 Å². The zero-order valence-electron chi connectivity index (χ0n) is 16.8. The van der Waals surface area contributed by atoms with Crippen molar-refractivity contribution in [2.75, 3.05) is 11.5 Å². The first-order valence-corrected chi connectivity index (χ1v) is 10.3. The molecule has 31 heavy (non-hydrogen) atoms. The number of fused-ring (bicyclic) bond motifs is 4. The van der Waals surface area contributed by atoms with E-state index in [1.165, 1.54) is 0 Å². The summed E-state index contributed by atoms with van der Waals surface area (Å²) in [5.74, 6) is 1.61. The summed E-state index contributed by atoms with van der Waals surface area (Å²) in [6.45, 7) is 0. The Bertz CT molecular complexity index is 1400. The topological polar surface area (TPSA) is 61.3 Å². The van der Waals surface area contributed by atoms with E-state index in [9.17, 15) is 0 Å². The van der Waals surface area contributed by atoms with Gasteiger partial charge in [-0.05, 0) is 0 Å². The van der Waals surface area contributed by atoms with Crippen molar-refractivity contribution in [2.45, 2.75) is 0 Å². The van der Waals surface area contributed by atoms with Gasteiger partial charge in [0.1, 0.15) is 11.5 Å². The zero-order valence-corrected chi connectivity index (χ0v) is 16.8. The van der Waals surface area contributed by atoms with Gasteiger partial charge >= 0.3 is 0 Å². The Morgan fingerprint density at radius 2 is 0.581 bits per heavy atom. The number of nitrogen functional groups attached to an aromatic ring is 2. The molecule has 6 rings (SSSR count). The smallest absolute Gasteiger partial charge is 0.143 e. The van der Waals surface area contributed by atoms with E-state index in [0.29, 0.717) is 0 Å². The van der Waals surface area contributed by atoms with Crippen molar-refractivity contribution in [3.05, 3.63) is 97.1 Å². The summed E-state index contributed by atoms with van der Waals surface area (Å²) >= 11 is 0. The first-order chi connectivity index (χ1) is 15.2. The molecule has 0 saturated carbocycles. The van der Waals surface area contributed by atoms with E-state index in [1.807, 2.05) is 72.8 Å². The van der Waals surface area contributed by atoms with Crippen LogP contribution in [0.2, 0.25) is 0 Å². The maximum atomic E-state index is 6.83. The normalized spacial score (nSPS) is 11.5. The van der Waals surface area contributed by atoms with Crippen molar-refractivity contribution < 1.29 is 4.74 Å². The van der Waals surface area contributed by atoms with Crippen molar-refractivity contribution in [3.63, 3.8) is 0 Å². The highest BCUT2D eigenvalue weighted by Crippen LogP contribution is 2.46. The predicted octanol–water partition coefficient (Wildman–Crippen LogP) is 7.26. The lowest BCUT2D eigenvalue weighted by Crippen LogP contribution is -1.97. The molecule has 6 aromatic rings. The molecule has 0 radical (unpaired) electrons. The molecule has 0 fully saturated rings. The first kappa shape index (κ1) is 17.6.